The van der Waals surface area contributed by atoms with Crippen molar-refractivity contribution in [2.24, 2.45) is 0 Å². The molecular weight excluding hydrogens is 278 g/mol. The van der Waals surface area contributed by atoms with Crippen molar-refractivity contribution in [3.05, 3.63) is 59.2 Å². The summed E-state index contributed by atoms with van der Waals surface area (Å²) in [7, 11) is 0. The lowest BCUT2D eigenvalue weighted by Gasteiger charge is -2.12. The Balaban J connectivity index is 2.13. The number of hydrogen-bond donors (Lipinski definition) is 1. The third kappa shape index (κ3) is 3.95. The summed E-state index contributed by atoms with van der Waals surface area (Å²) in [6, 6.07) is 12.8. The van der Waals surface area contributed by atoms with Gasteiger partial charge in [-0.1, -0.05) is 18.2 Å². The third-order valence-corrected chi connectivity index (χ3v) is 3.30. The van der Waals surface area contributed by atoms with Crippen molar-refractivity contribution in [3.63, 3.8) is 0 Å². The molecule has 0 radical (unpaired) electrons. The lowest BCUT2D eigenvalue weighted by Crippen LogP contribution is -2.14. The molecule has 0 aliphatic heterocycles. The van der Waals surface area contributed by atoms with E-state index < -0.39 is 0 Å². The van der Waals surface area contributed by atoms with Gasteiger partial charge in [-0.05, 0) is 49.2 Å². The molecule has 1 N–H and O–H groups in total. The highest BCUT2D eigenvalue weighted by Gasteiger charge is 2.13. The molecule has 114 valence electrons. The molecular formula is C18H19NO3. The fourth-order valence-corrected chi connectivity index (χ4v) is 2.18. The number of rotatable bonds is 5. The molecule has 22 heavy (non-hydrogen) atoms. The van der Waals surface area contributed by atoms with Crippen LogP contribution in [-0.2, 0) is 4.79 Å². The predicted molar refractivity (Wildman–Crippen MR) is 86.5 cm³/mol. The molecule has 0 aliphatic rings. The van der Waals surface area contributed by atoms with Gasteiger partial charge < -0.3 is 10.1 Å². The molecule has 0 aliphatic carbocycles. The van der Waals surface area contributed by atoms with Gasteiger partial charge in [-0.25, -0.2) is 0 Å². The Morgan fingerprint density at radius 2 is 1.73 bits per heavy atom. The van der Waals surface area contributed by atoms with Gasteiger partial charge in [0.05, 0.1) is 0 Å². The van der Waals surface area contributed by atoms with Gasteiger partial charge >= 0.3 is 0 Å². The first kappa shape index (κ1) is 15.8. The van der Waals surface area contributed by atoms with Crippen LogP contribution in [0.1, 0.15) is 28.4 Å². The summed E-state index contributed by atoms with van der Waals surface area (Å²) in [6.45, 7) is 5.16. The van der Waals surface area contributed by atoms with E-state index in [2.05, 4.69) is 5.32 Å². The quantitative estimate of drug-likeness (QED) is 0.859. The van der Waals surface area contributed by atoms with Crippen molar-refractivity contribution in [1.29, 1.82) is 0 Å². The molecule has 4 nitrogen and oxygen atoms in total. The normalized spacial score (nSPS) is 10.1. The number of ketones is 1. The van der Waals surface area contributed by atoms with E-state index in [1.165, 1.54) is 6.92 Å². The van der Waals surface area contributed by atoms with Gasteiger partial charge in [-0.3, -0.25) is 9.59 Å². The highest BCUT2D eigenvalue weighted by Crippen LogP contribution is 2.21. The van der Waals surface area contributed by atoms with Crippen LogP contribution in [0.4, 0.5) is 5.69 Å². The molecule has 2 aromatic rings. The minimum Gasteiger partial charge on any atom is -0.485 e. The number of amides is 1. The molecule has 2 aromatic carbocycles. The molecule has 1 amide bonds. The first-order chi connectivity index (χ1) is 10.5. The maximum atomic E-state index is 12.3. The van der Waals surface area contributed by atoms with Gasteiger partial charge in [-0.2, -0.15) is 0 Å². The number of anilines is 1. The second-order valence-electron chi connectivity index (χ2n) is 5.19. The van der Waals surface area contributed by atoms with E-state index in [4.69, 9.17) is 4.74 Å². The number of benzene rings is 2. The molecule has 4 heteroatoms. The summed E-state index contributed by atoms with van der Waals surface area (Å²) in [4.78, 5) is 23.5. The van der Waals surface area contributed by atoms with Gasteiger partial charge in [0.15, 0.2) is 12.4 Å². The Morgan fingerprint density at radius 1 is 1.05 bits per heavy atom. The van der Waals surface area contributed by atoms with Gasteiger partial charge in [-0.15, -0.1) is 0 Å². The van der Waals surface area contributed by atoms with E-state index >= 15 is 0 Å². The highest BCUT2D eigenvalue weighted by atomic mass is 16.5. The van der Waals surface area contributed by atoms with E-state index in [9.17, 15) is 9.59 Å². The molecule has 0 aromatic heterocycles. The Hall–Kier alpha value is -2.62. The SMILES string of the molecule is CC(=O)Nc1cc(C)c(C(=O)COc2ccccc2)cc1C. The number of hydrogen-bond acceptors (Lipinski definition) is 3. The first-order valence-electron chi connectivity index (χ1n) is 7.07. The van der Waals surface area contributed by atoms with E-state index in [-0.39, 0.29) is 18.3 Å². The van der Waals surface area contributed by atoms with Crippen LogP contribution in [0.5, 0.6) is 5.75 Å². The molecule has 0 atom stereocenters. The number of nitrogens with one attached hydrogen (secondary N) is 1. The molecule has 2 rings (SSSR count). The molecule has 0 saturated carbocycles. The van der Waals surface area contributed by atoms with Crippen molar-refractivity contribution in [3.8, 4) is 5.75 Å². The predicted octanol–water partition coefficient (Wildman–Crippen LogP) is 3.52. The Bertz CT molecular complexity index is 693. The Morgan fingerprint density at radius 3 is 2.36 bits per heavy atom. The fourth-order valence-electron chi connectivity index (χ4n) is 2.18. The van der Waals surface area contributed by atoms with Crippen molar-refractivity contribution < 1.29 is 14.3 Å². The van der Waals surface area contributed by atoms with Crippen molar-refractivity contribution >= 4 is 17.4 Å². The highest BCUT2D eigenvalue weighted by molar-refractivity contribution is 6.00. The standard InChI is InChI=1S/C18H19NO3/c1-12-10-17(19-14(3)20)13(2)9-16(12)18(21)11-22-15-7-5-4-6-8-15/h4-10H,11H2,1-3H3,(H,19,20). The zero-order chi connectivity index (χ0) is 16.1. The largest absolute Gasteiger partial charge is 0.485 e. The lowest BCUT2D eigenvalue weighted by molar-refractivity contribution is -0.114. The minimum atomic E-state index is -0.131. The molecule has 0 unspecified atom stereocenters. The molecule has 0 bridgehead atoms. The molecule has 0 spiro atoms. The van der Waals surface area contributed by atoms with E-state index in [1.54, 1.807) is 6.07 Å². The van der Waals surface area contributed by atoms with Crippen LogP contribution in [0.2, 0.25) is 0 Å². The van der Waals surface area contributed by atoms with Crippen LogP contribution >= 0.6 is 0 Å². The maximum absolute atomic E-state index is 12.3. The zero-order valence-corrected chi connectivity index (χ0v) is 13.0. The van der Waals surface area contributed by atoms with Crippen LogP contribution in [0.3, 0.4) is 0 Å². The van der Waals surface area contributed by atoms with Crippen molar-refractivity contribution in [1.82, 2.24) is 0 Å². The summed E-state index contributed by atoms with van der Waals surface area (Å²) in [6.07, 6.45) is 0. The topological polar surface area (TPSA) is 55.4 Å². The first-order valence-corrected chi connectivity index (χ1v) is 7.07. The number of aryl methyl sites for hydroxylation is 2. The second-order valence-corrected chi connectivity index (χ2v) is 5.19. The van der Waals surface area contributed by atoms with Gasteiger partial charge in [0.1, 0.15) is 5.75 Å². The van der Waals surface area contributed by atoms with Crippen molar-refractivity contribution in [2.45, 2.75) is 20.8 Å². The Labute approximate surface area is 130 Å². The average molecular weight is 297 g/mol. The maximum Gasteiger partial charge on any atom is 0.221 e. The number of carbonyl (C=O) groups excluding carboxylic acids is 2. The molecule has 0 fully saturated rings. The summed E-state index contributed by atoms with van der Waals surface area (Å²) in [5, 5.41) is 2.76. The summed E-state index contributed by atoms with van der Waals surface area (Å²) in [5.74, 6) is 0.452. The lowest BCUT2D eigenvalue weighted by atomic mass is 10.0. The van der Waals surface area contributed by atoms with Crippen LogP contribution in [-0.4, -0.2) is 18.3 Å². The van der Waals surface area contributed by atoms with Crippen LogP contribution in [0, 0.1) is 13.8 Å². The summed E-state index contributed by atoms with van der Waals surface area (Å²) < 4.78 is 5.49. The van der Waals surface area contributed by atoms with Gasteiger partial charge in [0.2, 0.25) is 5.91 Å². The third-order valence-electron chi connectivity index (χ3n) is 3.30. The zero-order valence-electron chi connectivity index (χ0n) is 13.0. The van der Waals surface area contributed by atoms with Gasteiger partial charge in [0, 0.05) is 18.2 Å². The van der Waals surface area contributed by atoms with E-state index in [0.29, 0.717) is 11.3 Å². The van der Waals surface area contributed by atoms with Gasteiger partial charge in [0.25, 0.3) is 0 Å². The second kappa shape index (κ2) is 6.89. The summed E-state index contributed by atoms with van der Waals surface area (Å²) in [5.41, 5.74) is 3.01. The molecule has 0 saturated heterocycles. The number of carbonyl (C=O) groups is 2. The number of Topliss-reactive ketones (excluding diaryl/α,β-unsaturated/α-hetero) is 1. The number of ether oxygens (including phenoxy) is 1. The fraction of sp³-hybridized carbons (Fsp3) is 0.222. The number of para-hydroxylation sites is 1. The van der Waals surface area contributed by atoms with E-state index in [1.807, 2.05) is 50.2 Å². The smallest absolute Gasteiger partial charge is 0.221 e. The van der Waals surface area contributed by atoms with Crippen molar-refractivity contribution in [2.75, 3.05) is 11.9 Å². The van der Waals surface area contributed by atoms with Crippen LogP contribution < -0.4 is 10.1 Å². The minimum absolute atomic E-state index is 0.0101. The Kier molecular flexibility index (Phi) is 4.94. The van der Waals surface area contributed by atoms with E-state index in [0.717, 1.165) is 16.8 Å². The average Bonchev–Trinajstić information content (AvgIpc) is 2.48. The van der Waals surface area contributed by atoms with Crippen LogP contribution in [0.25, 0.3) is 0 Å². The monoisotopic (exact) mass is 297 g/mol. The van der Waals surface area contributed by atoms with Crippen LogP contribution in [0.15, 0.2) is 42.5 Å². The molecule has 0 heterocycles. The summed E-state index contributed by atoms with van der Waals surface area (Å²) >= 11 is 0.